The van der Waals surface area contributed by atoms with Gasteiger partial charge in [-0.05, 0) is 18.6 Å². The Hall–Kier alpha value is -1.24. The van der Waals surface area contributed by atoms with Gasteiger partial charge >= 0.3 is 0 Å². The molecule has 1 nitrogen and oxygen atoms in total. The molecule has 0 amide bonds. The van der Waals surface area contributed by atoms with Gasteiger partial charge in [0.25, 0.3) is 0 Å². The molecule has 0 unspecified atom stereocenters. The summed E-state index contributed by atoms with van der Waals surface area (Å²) in [6, 6.07) is 9.90. The van der Waals surface area contributed by atoms with Crippen molar-refractivity contribution in [3.63, 3.8) is 0 Å². The highest BCUT2D eigenvalue weighted by atomic mass is 16.5. The molecule has 0 spiro atoms. The summed E-state index contributed by atoms with van der Waals surface area (Å²) < 4.78 is 5.50. The van der Waals surface area contributed by atoms with Gasteiger partial charge in [-0.25, -0.2) is 0 Å². The highest BCUT2D eigenvalue weighted by molar-refractivity contribution is 5.21. The molecule has 1 aromatic carbocycles. The zero-order chi connectivity index (χ0) is 10.1. The maximum absolute atomic E-state index is 5.50. The predicted molar refractivity (Wildman–Crippen MR) is 60.6 cm³/mol. The zero-order valence-electron chi connectivity index (χ0n) is 8.78. The van der Waals surface area contributed by atoms with Crippen LogP contribution in [0.25, 0.3) is 0 Å². The van der Waals surface area contributed by atoms with E-state index in [1.54, 1.807) is 0 Å². The van der Waals surface area contributed by atoms with Crippen molar-refractivity contribution in [2.24, 2.45) is 0 Å². The lowest BCUT2D eigenvalue weighted by Gasteiger charge is -2.01. The van der Waals surface area contributed by atoms with E-state index in [9.17, 15) is 0 Å². The Balaban J connectivity index is 2.12. The lowest BCUT2D eigenvalue weighted by molar-refractivity contribution is 0.362. The fourth-order valence-corrected chi connectivity index (χ4v) is 1.17. The molecule has 0 saturated carbocycles. The first-order valence-corrected chi connectivity index (χ1v) is 5.26. The third kappa shape index (κ3) is 4.70. The molecule has 0 aliphatic carbocycles. The van der Waals surface area contributed by atoms with Crippen LogP contribution in [-0.4, -0.2) is 6.61 Å². The number of hydrogen-bond donors (Lipinski definition) is 0. The third-order valence-corrected chi connectivity index (χ3v) is 1.98. The van der Waals surface area contributed by atoms with Crippen molar-refractivity contribution >= 4 is 0 Å². The molecule has 0 radical (unpaired) electrons. The maximum atomic E-state index is 5.50. The molecule has 1 heteroatoms. The Bertz CT molecular complexity index is 251. The predicted octanol–water partition coefficient (Wildman–Crippen LogP) is 3.81. The molecule has 0 heterocycles. The van der Waals surface area contributed by atoms with Crippen LogP contribution in [0.5, 0.6) is 5.75 Å². The fourth-order valence-electron chi connectivity index (χ4n) is 1.17. The summed E-state index contributed by atoms with van der Waals surface area (Å²) in [7, 11) is 0. The second-order valence-corrected chi connectivity index (χ2v) is 3.24. The molecule has 0 N–H and O–H groups in total. The molecule has 0 bridgehead atoms. The van der Waals surface area contributed by atoms with Crippen molar-refractivity contribution in [3.8, 4) is 5.75 Å². The minimum atomic E-state index is 0.674. The van der Waals surface area contributed by atoms with E-state index in [1.165, 1.54) is 12.8 Å². The molecule has 0 aliphatic rings. The standard InChI is InChI=1S/C13H18O/c1-2-3-4-5-9-12-14-13-10-7-6-8-11-13/h5-11H,2-4,12H2,1H3. The topological polar surface area (TPSA) is 9.23 Å². The SMILES string of the molecule is CCCCC=CCOc1ccccc1. The van der Waals surface area contributed by atoms with Crippen molar-refractivity contribution in [2.75, 3.05) is 6.61 Å². The van der Waals surface area contributed by atoms with E-state index in [2.05, 4.69) is 19.1 Å². The highest BCUT2D eigenvalue weighted by Gasteiger charge is 1.86. The molecule has 0 aliphatic heterocycles. The summed E-state index contributed by atoms with van der Waals surface area (Å²) >= 11 is 0. The molecule has 76 valence electrons. The van der Waals surface area contributed by atoms with Crippen LogP contribution < -0.4 is 4.74 Å². The summed E-state index contributed by atoms with van der Waals surface area (Å²) in [5.74, 6) is 0.938. The van der Waals surface area contributed by atoms with E-state index < -0.39 is 0 Å². The molecule has 1 rings (SSSR count). The fraction of sp³-hybridized carbons (Fsp3) is 0.385. The van der Waals surface area contributed by atoms with E-state index in [4.69, 9.17) is 4.74 Å². The minimum absolute atomic E-state index is 0.674. The van der Waals surface area contributed by atoms with Gasteiger partial charge in [0.1, 0.15) is 12.4 Å². The van der Waals surface area contributed by atoms with Crippen molar-refractivity contribution in [3.05, 3.63) is 42.5 Å². The highest BCUT2D eigenvalue weighted by Crippen LogP contribution is 2.07. The quantitative estimate of drug-likeness (QED) is 0.489. The molecule has 14 heavy (non-hydrogen) atoms. The number of hydrogen-bond acceptors (Lipinski definition) is 1. The van der Waals surface area contributed by atoms with Gasteiger partial charge in [-0.3, -0.25) is 0 Å². The first-order valence-electron chi connectivity index (χ1n) is 5.26. The Labute approximate surface area is 86.4 Å². The van der Waals surface area contributed by atoms with Gasteiger partial charge in [0, 0.05) is 0 Å². The Morgan fingerprint density at radius 3 is 2.64 bits per heavy atom. The van der Waals surface area contributed by atoms with Crippen molar-refractivity contribution < 1.29 is 4.74 Å². The monoisotopic (exact) mass is 190 g/mol. The van der Waals surface area contributed by atoms with Gasteiger partial charge < -0.3 is 4.74 Å². The van der Waals surface area contributed by atoms with Crippen LogP contribution >= 0.6 is 0 Å². The molecule has 0 fully saturated rings. The Morgan fingerprint density at radius 1 is 1.14 bits per heavy atom. The summed E-state index contributed by atoms with van der Waals surface area (Å²) in [5.41, 5.74) is 0. The smallest absolute Gasteiger partial charge is 0.119 e. The van der Waals surface area contributed by atoms with Crippen LogP contribution in [0.4, 0.5) is 0 Å². The molecular weight excluding hydrogens is 172 g/mol. The van der Waals surface area contributed by atoms with Crippen LogP contribution in [-0.2, 0) is 0 Å². The number of allylic oxidation sites excluding steroid dienone is 1. The largest absolute Gasteiger partial charge is 0.490 e. The van der Waals surface area contributed by atoms with Gasteiger partial charge in [-0.2, -0.15) is 0 Å². The average Bonchev–Trinajstić information content (AvgIpc) is 2.25. The van der Waals surface area contributed by atoms with Gasteiger partial charge in [-0.1, -0.05) is 50.1 Å². The number of para-hydroxylation sites is 1. The Kier molecular flexibility index (Phi) is 5.57. The van der Waals surface area contributed by atoms with E-state index in [1.807, 2.05) is 30.3 Å². The van der Waals surface area contributed by atoms with Gasteiger partial charge in [0.2, 0.25) is 0 Å². The minimum Gasteiger partial charge on any atom is -0.490 e. The van der Waals surface area contributed by atoms with Crippen LogP contribution in [0.15, 0.2) is 42.5 Å². The van der Waals surface area contributed by atoms with Crippen LogP contribution in [0.1, 0.15) is 26.2 Å². The summed E-state index contributed by atoms with van der Waals surface area (Å²) in [6.07, 6.45) is 7.95. The summed E-state index contributed by atoms with van der Waals surface area (Å²) in [6.45, 7) is 2.88. The lowest BCUT2D eigenvalue weighted by Crippen LogP contribution is -1.92. The van der Waals surface area contributed by atoms with Crippen LogP contribution in [0.2, 0.25) is 0 Å². The van der Waals surface area contributed by atoms with Gasteiger partial charge in [-0.15, -0.1) is 0 Å². The molecule has 0 atom stereocenters. The van der Waals surface area contributed by atoms with E-state index in [0.717, 1.165) is 12.2 Å². The van der Waals surface area contributed by atoms with Crippen molar-refractivity contribution in [1.29, 1.82) is 0 Å². The average molecular weight is 190 g/mol. The Morgan fingerprint density at radius 2 is 1.93 bits per heavy atom. The van der Waals surface area contributed by atoms with Gasteiger partial charge in [0.15, 0.2) is 0 Å². The second-order valence-electron chi connectivity index (χ2n) is 3.24. The number of unbranched alkanes of at least 4 members (excludes halogenated alkanes) is 2. The van der Waals surface area contributed by atoms with Crippen LogP contribution in [0, 0.1) is 0 Å². The van der Waals surface area contributed by atoms with Crippen molar-refractivity contribution in [1.82, 2.24) is 0 Å². The third-order valence-electron chi connectivity index (χ3n) is 1.98. The first kappa shape index (κ1) is 10.8. The zero-order valence-corrected chi connectivity index (χ0v) is 8.78. The number of ether oxygens (including phenoxy) is 1. The first-order chi connectivity index (χ1) is 6.93. The molecule has 1 aromatic rings. The van der Waals surface area contributed by atoms with E-state index in [-0.39, 0.29) is 0 Å². The van der Waals surface area contributed by atoms with E-state index in [0.29, 0.717) is 6.61 Å². The molecule has 0 saturated heterocycles. The van der Waals surface area contributed by atoms with E-state index >= 15 is 0 Å². The van der Waals surface area contributed by atoms with Crippen molar-refractivity contribution in [2.45, 2.75) is 26.2 Å². The van der Waals surface area contributed by atoms with Gasteiger partial charge in [0.05, 0.1) is 0 Å². The summed E-state index contributed by atoms with van der Waals surface area (Å²) in [4.78, 5) is 0. The maximum Gasteiger partial charge on any atom is 0.119 e. The number of benzene rings is 1. The second kappa shape index (κ2) is 7.19. The number of rotatable bonds is 6. The normalized spacial score (nSPS) is 10.6. The molecular formula is C13H18O. The molecule has 0 aromatic heterocycles. The van der Waals surface area contributed by atoms with Crippen LogP contribution in [0.3, 0.4) is 0 Å². The summed E-state index contributed by atoms with van der Waals surface area (Å²) in [5, 5.41) is 0. The lowest BCUT2D eigenvalue weighted by atomic mass is 10.2.